The zero-order valence-electron chi connectivity index (χ0n) is 17.4. The Hall–Kier alpha value is -3.38. The molecular formula is C25H24ClNO5. The number of rotatable bonds is 10. The van der Waals surface area contributed by atoms with Gasteiger partial charge in [-0.05, 0) is 36.1 Å². The van der Waals surface area contributed by atoms with Crippen molar-refractivity contribution in [1.29, 1.82) is 0 Å². The number of hydrogen-bond donors (Lipinski definition) is 2. The third kappa shape index (κ3) is 5.45. The van der Waals surface area contributed by atoms with Crippen molar-refractivity contribution >= 4 is 35.3 Å². The Bertz CT molecular complexity index is 1060. The van der Waals surface area contributed by atoms with Gasteiger partial charge >= 0.3 is 5.97 Å². The summed E-state index contributed by atoms with van der Waals surface area (Å²) in [6, 6.07) is 15.3. The number of nitrogens with zero attached hydrogens (tertiary/aromatic N) is 1. The van der Waals surface area contributed by atoms with E-state index in [1.807, 2.05) is 30.3 Å². The van der Waals surface area contributed by atoms with E-state index >= 15 is 0 Å². The number of carboxylic acids is 1. The molecule has 0 aliphatic carbocycles. The summed E-state index contributed by atoms with van der Waals surface area (Å²) in [4.78, 5) is 38.1. The fourth-order valence-electron chi connectivity index (χ4n) is 3.72. The molecule has 1 aliphatic rings. The van der Waals surface area contributed by atoms with Crippen LogP contribution in [0.2, 0.25) is 5.02 Å². The van der Waals surface area contributed by atoms with Crippen LogP contribution in [0, 0.1) is 0 Å². The van der Waals surface area contributed by atoms with Gasteiger partial charge in [0.25, 0.3) is 5.91 Å². The van der Waals surface area contributed by atoms with Crippen LogP contribution in [0.3, 0.4) is 0 Å². The first-order chi connectivity index (χ1) is 15.4. The molecule has 1 heterocycles. The molecule has 2 N–H and O–H groups in total. The van der Waals surface area contributed by atoms with Gasteiger partial charge in [0.2, 0.25) is 0 Å². The number of halogens is 1. The number of carbonyl (C=O) groups is 3. The van der Waals surface area contributed by atoms with Crippen LogP contribution in [-0.4, -0.2) is 39.3 Å². The van der Waals surface area contributed by atoms with Crippen LogP contribution < -0.4 is 0 Å². The first kappa shape index (κ1) is 23.3. The monoisotopic (exact) mass is 453 g/mol. The molecule has 0 saturated carbocycles. The van der Waals surface area contributed by atoms with Crippen LogP contribution in [-0.2, 0) is 14.4 Å². The van der Waals surface area contributed by atoms with Crippen LogP contribution in [0.5, 0.6) is 0 Å². The van der Waals surface area contributed by atoms with Crippen molar-refractivity contribution in [2.75, 3.05) is 6.54 Å². The highest BCUT2D eigenvalue weighted by atomic mass is 35.5. The van der Waals surface area contributed by atoms with Crippen LogP contribution in [0.25, 0.3) is 6.08 Å². The van der Waals surface area contributed by atoms with Gasteiger partial charge in [-0.3, -0.25) is 14.4 Å². The third-order valence-corrected chi connectivity index (χ3v) is 5.63. The van der Waals surface area contributed by atoms with Crippen molar-refractivity contribution in [3.63, 3.8) is 0 Å². The van der Waals surface area contributed by atoms with E-state index in [1.165, 1.54) is 11.0 Å². The predicted octanol–water partition coefficient (Wildman–Crippen LogP) is 4.96. The summed E-state index contributed by atoms with van der Waals surface area (Å²) in [7, 11) is 0. The Morgan fingerprint density at radius 2 is 1.69 bits per heavy atom. The van der Waals surface area contributed by atoms with E-state index in [2.05, 4.69) is 0 Å². The van der Waals surface area contributed by atoms with E-state index in [1.54, 1.807) is 30.3 Å². The normalized spacial score (nSPS) is 16.2. The number of aliphatic carboxylic acids is 1. The first-order valence-electron chi connectivity index (χ1n) is 10.4. The number of carboxylic acid groups (broad SMARTS) is 1. The van der Waals surface area contributed by atoms with Gasteiger partial charge in [0.15, 0.2) is 11.5 Å². The lowest BCUT2D eigenvalue weighted by Gasteiger charge is -2.27. The quantitative estimate of drug-likeness (QED) is 0.391. The number of aliphatic hydroxyl groups excluding tert-OH is 1. The molecule has 0 aromatic heterocycles. The summed E-state index contributed by atoms with van der Waals surface area (Å²) < 4.78 is 0. The second kappa shape index (κ2) is 10.8. The van der Waals surface area contributed by atoms with Crippen molar-refractivity contribution in [1.82, 2.24) is 4.90 Å². The molecule has 166 valence electrons. The molecule has 7 heteroatoms. The van der Waals surface area contributed by atoms with Gasteiger partial charge < -0.3 is 15.1 Å². The summed E-state index contributed by atoms with van der Waals surface area (Å²) in [5, 5.41) is 19.8. The largest absolute Gasteiger partial charge is 0.503 e. The van der Waals surface area contributed by atoms with Crippen molar-refractivity contribution in [3.05, 3.63) is 88.2 Å². The molecule has 32 heavy (non-hydrogen) atoms. The number of hydrogen-bond acceptors (Lipinski definition) is 4. The van der Waals surface area contributed by atoms with Crippen LogP contribution in [0.15, 0.2) is 72.0 Å². The second-order valence-electron chi connectivity index (χ2n) is 7.50. The smallest absolute Gasteiger partial charge is 0.303 e. The first-order valence-corrected chi connectivity index (χ1v) is 10.8. The molecule has 0 saturated heterocycles. The molecule has 1 amide bonds. The highest BCUT2D eigenvalue weighted by Crippen LogP contribution is 2.40. The average Bonchev–Trinajstić information content (AvgIpc) is 3.03. The van der Waals surface area contributed by atoms with Gasteiger partial charge in [-0.1, -0.05) is 72.6 Å². The number of unbranched alkanes of at least 4 members (excludes halogenated alkanes) is 2. The molecule has 2 aromatic carbocycles. The molecule has 0 radical (unpaired) electrons. The summed E-state index contributed by atoms with van der Waals surface area (Å²) in [6.45, 7) is 0.261. The molecule has 0 spiro atoms. The zero-order chi connectivity index (χ0) is 23.1. The van der Waals surface area contributed by atoms with Crippen molar-refractivity contribution < 1.29 is 24.6 Å². The zero-order valence-corrected chi connectivity index (χ0v) is 18.2. The molecule has 0 fully saturated rings. The fourth-order valence-corrected chi connectivity index (χ4v) is 3.96. The van der Waals surface area contributed by atoms with Gasteiger partial charge in [0.1, 0.15) is 0 Å². The van der Waals surface area contributed by atoms with Gasteiger partial charge in [0, 0.05) is 18.0 Å². The Balaban J connectivity index is 1.87. The van der Waals surface area contributed by atoms with E-state index in [9.17, 15) is 19.5 Å². The molecule has 1 aliphatic heterocycles. The van der Waals surface area contributed by atoms with E-state index in [0.717, 1.165) is 5.56 Å². The topological polar surface area (TPSA) is 94.9 Å². The molecular weight excluding hydrogens is 430 g/mol. The highest BCUT2D eigenvalue weighted by molar-refractivity contribution is 6.31. The maximum Gasteiger partial charge on any atom is 0.303 e. The van der Waals surface area contributed by atoms with Crippen molar-refractivity contribution in [3.8, 4) is 0 Å². The summed E-state index contributed by atoms with van der Waals surface area (Å²) in [5.41, 5.74) is 1.35. The molecule has 1 unspecified atom stereocenters. The Kier molecular flexibility index (Phi) is 7.84. The number of amides is 1. The van der Waals surface area contributed by atoms with Gasteiger partial charge in [-0.15, -0.1) is 0 Å². The molecule has 0 bridgehead atoms. The Morgan fingerprint density at radius 3 is 2.38 bits per heavy atom. The molecule has 6 nitrogen and oxygen atoms in total. The van der Waals surface area contributed by atoms with Crippen molar-refractivity contribution in [2.24, 2.45) is 0 Å². The number of aliphatic hydroxyl groups is 1. The minimum absolute atomic E-state index is 0.0131. The maximum absolute atomic E-state index is 13.1. The van der Waals surface area contributed by atoms with Gasteiger partial charge in [-0.25, -0.2) is 0 Å². The van der Waals surface area contributed by atoms with Crippen LogP contribution >= 0.6 is 11.6 Å². The lowest BCUT2D eigenvalue weighted by atomic mass is 9.95. The summed E-state index contributed by atoms with van der Waals surface area (Å²) in [6.07, 6.45) is 4.65. The highest BCUT2D eigenvalue weighted by Gasteiger charge is 2.43. The van der Waals surface area contributed by atoms with Crippen LogP contribution in [0.1, 0.15) is 42.9 Å². The number of carbonyl (C=O) groups excluding carboxylic acids is 2. The van der Waals surface area contributed by atoms with Gasteiger partial charge in [-0.2, -0.15) is 0 Å². The molecule has 1 atom stereocenters. The Morgan fingerprint density at radius 1 is 1.00 bits per heavy atom. The van der Waals surface area contributed by atoms with E-state index in [-0.39, 0.29) is 18.5 Å². The third-order valence-electron chi connectivity index (χ3n) is 5.29. The van der Waals surface area contributed by atoms with Gasteiger partial charge in [0.05, 0.1) is 11.6 Å². The maximum atomic E-state index is 13.1. The number of allylic oxidation sites excluding steroid dienone is 1. The second-order valence-corrected chi connectivity index (χ2v) is 7.90. The minimum atomic E-state index is -0.867. The fraction of sp³-hybridized carbons (Fsp3) is 0.240. The Labute approximate surface area is 191 Å². The SMILES string of the molecule is O=C(O)CCCCCN1C(=O)C(O)=C(C(=O)/C=C/c2ccccc2)C1c1ccccc1Cl. The van der Waals surface area contributed by atoms with E-state index < -0.39 is 29.5 Å². The number of benzene rings is 2. The summed E-state index contributed by atoms with van der Waals surface area (Å²) >= 11 is 6.39. The lowest BCUT2D eigenvalue weighted by molar-refractivity contribution is -0.137. The summed E-state index contributed by atoms with van der Waals surface area (Å²) in [5.74, 6) is -2.56. The average molecular weight is 454 g/mol. The molecule has 3 rings (SSSR count). The standard InChI is InChI=1S/C25H24ClNO5/c26-19-12-7-6-11-18(19)23-22(20(28)15-14-17-9-3-1-4-10-17)24(31)25(32)27(23)16-8-2-5-13-21(29)30/h1,3-4,6-7,9-12,14-15,23,31H,2,5,8,13,16H2,(H,29,30)/b15-14+. The predicted molar refractivity (Wildman–Crippen MR) is 122 cm³/mol. The van der Waals surface area contributed by atoms with Crippen LogP contribution in [0.4, 0.5) is 0 Å². The molecule has 2 aromatic rings. The number of ketones is 1. The lowest BCUT2D eigenvalue weighted by Crippen LogP contribution is -2.32. The van der Waals surface area contributed by atoms with E-state index in [0.29, 0.717) is 29.8 Å². The van der Waals surface area contributed by atoms with E-state index in [4.69, 9.17) is 16.7 Å². The van der Waals surface area contributed by atoms with Crippen molar-refractivity contribution in [2.45, 2.75) is 31.7 Å². The minimum Gasteiger partial charge on any atom is -0.503 e.